The van der Waals surface area contributed by atoms with Gasteiger partial charge in [-0.15, -0.1) is 0 Å². The lowest BCUT2D eigenvalue weighted by Crippen LogP contribution is -2.34. The van der Waals surface area contributed by atoms with Gasteiger partial charge in [-0.2, -0.15) is 0 Å². The van der Waals surface area contributed by atoms with E-state index in [2.05, 4.69) is 48.6 Å². The Balaban J connectivity index is 1.43. The molecule has 1 atom stereocenters. The molecule has 2 amide bonds. The van der Waals surface area contributed by atoms with Crippen molar-refractivity contribution < 1.29 is 9.59 Å². The normalized spacial score (nSPS) is 16.7. The molecule has 4 heteroatoms. The minimum Gasteiger partial charge on any atom is -0.355 e. The summed E-state index contributed by atoms with van der Waals surface area (Å²) in [5.74, 6) is -0.149. The van der Waals surface area contributed by atoms with Crippen molar-refractivity contribution in [2.75, 3.05) is 19.6 Å². The highest BCUT2D eigenvalue weighted by Crippen LogP contribution is 2.18. The van der Waals surface area contributed by atoms with Gasteiger partial charge in [-0.1, -0.05) is 60.2 Å². The van der Waals surface area contributed by atoms with Crippen LogP contribution >= 0.6 is 0 Å². The molecule has 0 spiro atoms. The summed E-state index contributed by atoms with van der Waals surface area (Å²) in [6.07, 6.45) is 1.96. The molecule has 136 valence electrons. The summed E-state index contributed by atoms with van der Waals surface area (Å²) in [5, 5.41) is 2.98. The lowest BCUT2D eigenvalue weighted by molar-refractivity contribution is -0.129. The van der Waals surface area contributed by atoms with E-state index in [0.29, 0.717) is 26.1 Å². The number of hydrogen-bond acceptors (Lipinski definition) is 2. The second-order valence-electron chi connectivity index (χ2n) is 7.00. The number of carbonyl (C=O) groups is 2. The smallest absolute Gasteiger partial charge is 0.225 e. The van der Waals surface area contributed by atoms with Crippen molar-refractivity contribution in [2.45, 2.75) is 26.2 Å². The predicted octanol–water partition coefficient (Wildman–Crippen LogP) is 2.74. The van der Waals surface area contributed by atoms with Gasteiger partial charge in [0.25, 0.3) is 0 Å². The average molecular weight is 350 g/mol. The third-order valence-corrected chi connectivity index (χ3v) is 4.93. The first-order valence-electron chi connectivity index (χ1n) is 9.27. The fourth-order valence-corrected chi connectivity index (χ4v) is 3.30. The van der Waals surface area contributed by atoms with E-state index in [-0.39, 0.29) is 17.7 Å². The molecule has 1 N–H and O–H groups in total. The molecule has 1 heterocycles. The number of aryl methyl sites for hydroxylation is 1. The van der Waals surface area contributed by atoms with E-state index in [1.165, 1.54) is 16.7 Å². The summed E-state index contributed by atoms with van der Waals surface area (Å²) in [5.41, 5.74) is 3.66. The van der Waals surface area contributed by atoms with Crippen LogP contribution in [0, 0.1) is 12.8 Å². The number of carbonyl (C=O) groups excluding carboxylic acids is 2. The SMILES string of the molecule is Cc1ccc(CCN2C[C@@H](C(=O)NCCc3ccccc3)CC2=O)cc1. The van der Waals surface area contributed by atoms with Crippen molar-refractivity contribution in [1.29, 1.82) is 0 Å². The monoisotopic (exact) mass is 350 g/mol. The van der Waals surface area contributed by atoms with Crippen LogP contribution in [0.3, 0.4) is 0 Å². The molecule has 0 bridgehead atoms. The van der Waals surface area contributed by atoms with Crippen LogP contribution in [-0.2, 0) is 22.4 Å². The van der Waals surface area contributed by atoms with Crippen LogP contribution in [0.5, 0.6) is 0 Å². The maximum Gasteiger partial charge on any atom is 0.225 e. The van der Waals surface area contributed by atoms with E-state index in [4.69, 9.17) is 0 Å². The number of nitrogens with zero attached hydrogens (tertiary/aromatic N) is 1. The summed E-state index contributed by atoms with van der Waals surface area (Å²) < 4.78 is 0. The van der Waals surface area contributed by atoms with Gasteiger partial charge < -0.3 is 10.2 Å². The zero-order valence-corrected chi connectivity index (χ0v) is 15.3. The Bertz CT molecular complexity index is 740. The first-order valence-corrected chi connectivity index (χ1v) is 9.27. The molecule has 2 aromatic carbocycles. The molecule has 0 aliphatic carbocycles. The Morgan fingerprint density at radius 1 is 1.04 bits per heavy atom. The summed E-state index contributed by atoms with van der Waals surface area (Å²) in [6, 6.07) is 18.5. The van der Waals surface area contributed by atoms with Crippen LogP contribution in [0.25, 0.3) is 0 Å². The van der Waals surface area contributed by atoms with Crippen molar-refractivity contribution >= 4 is 11.8 Å². The van der Waals surface area contributed by atoms with E-state index in [1.807, 2.05) is 23.1 Å². The Morgan fingerprint density at radius 3 is 2.46 bits per heavy atom. The van der Waals surface area contributed by atoms with Gasteiger partial charge in [-0.05, 0) is 30.9 Å². The van der Waals surface area contributed by atoms with Crippen LogP contribution < -0.4 is 5.32 Å². The quantitative estimate of drug-likeness (QED) is 0.835. The third kappa shape index (κ3) is 4.94. The average Bonchev–Trinajstić information content (AvgIpc) is 3.03. The Hall–Kier alpha value is -2.62. The minimum absolute atomic E-state index is 0.00730. The van der Waals surface area contributed by atoms with Crippen molar-refractivity contribution in [2.24, 2.45) is 5.92 Å². The number of rotatable bonds is 7. The maximum atomic E-state index is 12.3. The van der Waals surface area contributed by atoms with Crippen LogP contribution in [0.1, 0.15) is 23.1 Å². The second kappa shape index (κ2) is 8.65. The highest BCUT2D eigenvalue weighted by molar-refractivity contribution is 5.89. The van der Waals surface area contributed by atoms with E-state index in [0.717, 1.165) is 12.8 Å². The minimum atomic E-state index is -0.226. The molecule has 4 nitrogen and oxygen atoms in total. The fraction of sp³-hybridized carbons (Fsp3) is 0.364. The van der Waals surface area contributed by atoms with Crippen molar-refractivity contribution in [1.82, 2.24) is 10.2 Å². The molecule has 3 rings (SSSR count). The zero-order valence-electron chi connectivity index (χ0n) is 15.3. The van der Waals surface area contributed by atoms with E-state index >= 15 is 0 Å². The number of benzene rings is 2. The molecule has 1 saturated heterocycles. The van der Waals surface area contributed by atoms with Gasteiger partial charge in [0.15, 0.2) is 0 Å². The van der Waals surface area contributed by atoms with Crippen LogP contribution in [0.15, 0.2) is 54.6 Å². The van der Waals surface area contributed by atoms with Crippen LogP contribution in [-0.4, -0.2) is 36.3 Å². The molecule has 1 aliphatic rings. The first kappa shape index (κ1) is 18.2. The van der Waals surface area contributed by atoms with Crippen LogP contribution in [0.4, 0.5) is 0 Å². The molecular formula is C22H26N2O2. The predicted molar refractivity (Wildman–Crippen MR) is 103 cm³/mol. The zero-order chi connectivity index (χ0) is 18.4. The van der Waals surface area contributed by atoms with Gasteiger partial charge >= 0.3 is 0 Å². The van der Waals surface area contributed by atoms with E-state index in [9.17, 15) is 9.59 Å². The Labute approximate surface area is 155 Å². The standard InChI is InChI=1S/C22H26N2O2/c1-17-7-9-19(10-8-17)12-14-24-16-20(15-21(24)25)22(26)23-13-11-18-5-3-2-4-6-18/h2-10,20H,11-16H2,1H3,(H,23,26)/t20-/m0/s1. The van der Waals surface area contributed by atoms with E-state index in [1.54, 1.807) is 0 Å². The lowest BCUT2D eigenvalue weighted by atomic mass is 10.1. The molecule has 1 fully saturated rings. The van der Waals surface area contributed by atoms with Gasteiger partial charge in [-0.3, -0.25) is 9.59 Å². The summed E-state index contributed by atoms with van der Waals surface area (Å²) >= 11 is 0. The highest BCUT2D eigenvalue weighted by Gasteiger charge is 2.33. The van der Waals surface area contributed by atoms with Crippen molar-refractivity contribution in [3.63, 3.8) is 0 Å². The van der Waals surface area contributed by atoms with Gasteiger partial charge in [0, 0.05) is 26.1 Å². The summed E-state index contributed by atoms with van der Waals surface area (Å²) in [4.78, 5) is 26.4. The largest absolute Gasteiger partial charge is 0.355 e. The maximum absolute atomic E-state index is 12.3. The molecule has 0 radical (unpaired) electrons. The Kier molecular flexibility index (Phi) is 6.05. The van der Waals surface area contributed by atoms with Gasteiger partial charge in [0.2, 0.25) is 11.8 Å². The van der Waals surface area contributed by atoms with Crippen molar-refractivity contribution in [3.05, 3.63) is 71.3 Å². The number of amides is 2. The molecule has 1 aliphatic heterocycles. The van der Waals surface area contributed by atoms with Crippen molar-refractivity contribution in [3.8, 4) is 0 Å². The molecule has 26 heavy (non-hydrogen) atoms. The number of hydrogen-bond donors (Lipinski definition) is 1. The van der Waals surface area contributed by atoms with Gasteiger partial charge in [0.05, 0.1) is 5.92 Å². The van der Waals surface area contributed by atoms with Gasteiger partial charge in [0.1, 0.15) is 0 Å². The summed E-state index contributed by atoms with van der Waals surface area (Å²) in [7, 11) is 0. The molecule has 0 saturated carbocycles. The van der Waals surface area contributed by atoms with Crippen LogP contribution in [0.2, 0.25) is 0 Å². The second-order valence-corrected chi connectivity index (χ2v) is 7.00. The number of likely N-dealkylation sites (tertiary alicyclic amines) is 1. The summed E-state index contributed by atoms with van der Waals surface area (Å²) in [6.45, 7) is 3.88. The molecule has 0 unspecified atom stereocenters. The molecular weight excluding hydrogens is 324 g/mol. The molecule has 0 aromatic heterocycles. The fourth-order valence-electron chi connectivity index (χ4n) is 3.30. The highest BCUT2D eigenvalue weighted by atomic mass is 16.2. The molecule has 2 aromatic rings. The Morgan fingerprint density at radius 2 is 1.73 bits per heavy atom. The number of nitrogens with one attached hydrogen (secondary N) is 1. The third-order valence-electron chi connectivity index (χ3n) is 4.93. The topological polar surface area (TPSA) is 49.4 Å². The van der Waals surface area contributed by atoms with E-state index < -0.39 is 0 Å². The van der Waals surface area contributed by atoms with Gasteiger partial charge in [-0.25, -0.2) is 0 Å². The lowest BCUT2D eigenvalue weighted by Gasteiger charge is -2.16. The first-order chi connectivity index (χ1) is 12.6.